The molecule has 6 nitrogen and oxygen atoms in total. The minimum absolute atomic E-state index is 0.156. The van der Waals surface area contributed by atoms with Crippen LogP contribution in [-0.4, -0.2) is 52.1 Å². The van der Waals surface area contributed by atoms with Crippen LogP contribution < -0.4 is 5.32 Å². The molecule has 0 bridgehead atoms. The number of fused-ring (bicyclic) bond motifs is 5. The third-order valence-electron chi connectivity index (χ3n) is 11.0. The van der Waals surface area contributed by atoms with Crippen molar-refractivity contribution in [3.63, 3.8) is 0 Å². The zero-order chi connectivity index (χ0) is 24.8. The van der Waals surface area contributed by atoms with Crippen molar-refractivity contribution in [1.29, 1.82) is 0 Å². The summed E-state index contributed by atoms with van der Waals surface area (Å²) < 4.78 is 13.2. The van der Waals surface area contributed by atoms with Gasteiger partial charge in [0.05, 0.1) is 18.8 Å². The molecule has 4 aliphatic rings. The fraction of sp³-hybridized carbons (Fsp3) is 0.926. The molecule has 0 aromatic carbocycles. The second-order valence-electron chi connectivity index (χ2n) is 12.6. The van der Waals surface area contributed by atoms with E-state index in [-0.39, 0.29) is 35.4 Å². The highest BCUT2D eigenvalue weighted by molar-refractivity contribution is 5.78. The highest BCUT2D eigenvalue weighted by Gasteiger charge is 2.62. The van der Waals surface area contributed by atoms with Crippen molar-refractivity contribution in [2.24, 2.45) is 46.3 Å². The molecular formula is C27H44FNO5. The molecule has 4 saturated carbocycles. The van der Waals surface area contributed by atoms with E-state index in [0.717, 1.165) is 51.4 Å². The Kier molecular flexibility index (Phi) is 7.37. The molecule has 0 aliphatic heterocycles. The summed E-state index contributed by atoms with van der Waals surface area (Å²) in [5, 5.41) is 32.6. The highest BCUT2D eigenvalue weighted by Crippen LogP contribution is 2.68. The van der Waals surface area contributed by atoms with E-state index in [1.165, 1.54) is 0 Å². The lowest BCUT2D eigenvalue weighted by atomic mass is 9.43. The zero-order valence-corrected chi connectivity index (χ0v) is 21.0. The number of aliphatic hydroxyl groups is 2. The van der Waals surface area contributed by atoms with Gasteiger partial charge in [0.1, 0.15) is 0 Å². The first-order chi connectivity index (χ1) is 16.0. The smallest absolute Gasteiger partial charge is 0.340 e. The Bertz CT molecular complexity index is 778. The lowest BCUT2D eigenvalue weighted by molar-refractivity contribution is -0.174. The molecule has 0 aromatic heterocycles. The summed E-state index contributed by atoms with van der Waals surface area (Å²) in [5.74, 6) is 0.746. The molecule has 34 heavy (non-hydrogen) atoms. The highest BCUT2D eigenvalue weighted by atomic mass is 19.1. The van der Waals surface area contributed by atoms with Crippen molar-refractivity contribution in [2.75, 3.05) is 6.54 Å². The Morgan fingerprint density at radius 3 is 2.41 bits per heavy atom. The predicted octanol–water partition coefficient (Wildman–Crippen LogP) is 3.93. The third kappa shape index (κ3) is 4.52. The first-order valence-corrected chi connectivity index (χ1v) is 13.5. The molecule has 0 radical (unpaired) electrons. The molecule has 4 aliphatic carbocycles. The van der Waals surface area contributed by atoms with Gasteiger partial charge in [0, 0.05) is 6.42 Å². The molecule has 194 valence electrons. The number of carboxylic acids is 1. The van der Waals surface area contributed by atoms with Crippen molar-refractivity contribution >= 4 is 11.9 Å². The van der Waals surface area contributed by atoms with Crippen LogP contribution in [0.1, 0.15) is 85.0 Å². The second kappa shape index (κ2) is 9.68. The third-order valence-corrected chi connectivity index (χ3v) is 11.0. The number of hydrogen-bond acceptors (Lipinski definition) is 4. The van der Waals surface area contributed by atoms with E-state index in [2.05, 4.69) is 26.1 Å². The lowest BCUT2D eigenvalue weighted by Crippen LogP contribution is -2.58. The van der Waals surface area contributed by atoms with E-state index in [1.807, 2.05) is 0 Å². The van der Waals surface area contributed by atoms with Gasteiger partial charge in [0.25, 0.3) is 0 Å². The molecule has 4 unspecified atom stereocenters. The van der Waals surface area contributed by atoms with Crippen molar-refractivity contribution in [2.45, 2.75) is 103 Å². The van der Waals surface area contributed by atoms with Gasteiger partial charge in [-0.3, -0.25) is 4.79 Å². The molecule has 4 fully saturated rings. The molecule has 11 atom stereocenters. The molecule has 0 heterocycles. The Labute approximate surface area is 203 Å². The van der Waals surface area contributed by atoms with Crippen molar-refractivity contribution < 1.29 is 29.3 Å². The molecule has 4 N–H and O–H groups in total. The summed E-state index contributed by atoms with van der Waals surface area (Å²) >= 11 is 0. The molecule has 0 aromatic rings. The molecule has 0 spiro atoms. The molecule has 7 heteroatoms. The Hall–Kier alpha value is -1.21. The van der Waals surface area contributed by atoms with Gasteiger partial charge >= 0.3 is 5.97 Å². The minimum atomic E-state index is -2.07. The van der Waals surface area contributed by atoms with Crippen LogP contribution >= 0.6 is 0 Å². The van der Waals surface area contributed by atoms with Crippen molar-refractivity contribution in [3.8, 4) is 0 Å². The maximum Gasteiger partial charge on any atom is 0.340 e. The average molecular weight is 482 g/mol. The largest absolute Gasteiger partial charge is 0.479 e. The molecule has 0 saturated heterocycles. The van der Waals surface area contributed by atoms with E-state index in [4.69, 9.17) is 5.11 Å². The van der Waals surface area contributed by atoms with E-state index in [0.29, 0.717) is 41.9 Å². The Balaban J connectivity index is 1.39. The van der Waals surface area contributed by atoms with Crippen LogP contribution in [-0.2, 0) is 9.59 Å². The van der Waals surface area contributed by atoms with Gasteiger partial charge < -0.3 is 20.6 Å². The van der Waals surface area contributed by atoms with E-state index >= 15 is 0 Å². The summed E-state index contributed by atoms with van der Waals surface area (Å²) in [5.41, 5.74) is 0.374. The molecular weight excluding hydrogens is 437 g/mol. The lowest BCUT2D eigenvalue weighted by Gasteiger charge is -2.62. The standard InChI is InChI=1S/C27H44FNO5/c1-15(4-7-23(32)29-14-21(28)25(33)34)18-5-6-19-24-20(9-11-27(18,19)3)26(2)10-8-17(30)12-16(26)13-22(24)31/h15-22,24,30-31H,4-14H2,1-3H3,(H,29,32)(H,33,34)/t15-,16+,17-,18-,19?,20?,21?,22-,24?,26+,27-/m1/s1. The number of amides is 1. The number of hydrogen-bond donors (Lipinski definition) is 4. The van der Waals surface area contributed by atoms with Crippen molar-refractivity contribution in [1.82, 2.24) is 5.32 Å². The number of alkyl halides is 1. The summed E-state index contributed by atoms with van der Waals surface area (Å²) in [6.07, 6.45) is 6.52. The normalized spacial score (nSPS) is 45.4. The Morgan fingerprint density at radius 2 is 1.71 bits per heavy atom. The summed E-state index contributed by atoms with van der Waals surface area (Å²) in [4.78, 5) is 22.8. The number of nitrogens with one attached hydrogen (secondary N) is 1. The number of carboxylic acid groups (broad SMARTS) is 1. The Morgan fingerprint density at radius 1 is 1.03 bits per heavy atom. The molecule has 1 amide bonds. The summed E-state index contributed by atoms with van der Waals surface area (Å²) in [7, 11) is 0. The first-order valence-electron chi connectivity index (χ1n) is 13.5. The molecule has 4 rings (SSSR count). The van der Waals surface area contributed by atoms with Crippen LogP contribution in [0.15, 0.2) is 0 Å². The quantitative estimate of drug-likeness (QED) is 0.441. The first kappa shape index (κ1) is 25.9. The number of aliphatic carboxylic acids is 1. The summed E-state index contributed by atoms with van der Waals surface area (Å²) in [6, 6.07) is 0. The van der Waals surface area contributed by atoms with Gasteiger partial charge in [-0.25, -0.2) is 9.18 Å². The number of halogens is 1. The van der Waals surface area contributed by atoms with Gasteiger partial charge in [-0.2, -0.15) is 0 Å². The van der Waals surface area contributed by atoms with E-state index < -0.39 is 18.7 Å². The SMILES string of the molecule is C[C@H](CCC(=O)NCC(F)C(=O)O)[C@H]1CCC2C3C(CC[C@@]21C)[C@@]1(C)CC[C@@H](O)C[C@H]1C[C@H]3O. The number of carbonyl (C=O) groups is 2. The van der Waals surface area contributed by atoms with Crippen LogP contribution in [0, 0.1) is 46.3 Å². The van der Waals surface area contributed by atoms with Gasteiger partial charge in [-0.1, -0.05) is 20.8 Å². The maximum atomic E-state index is 13.2. The number of carbonyl (C=O) groups excluding carboxylic acids is 1. The fourth-order valence-corrected chi connectivity index (χ4v) is 9.11. The van der Waals surface area contributed by atoms with E-state index in [9.17, 15) is 24.2 Å². The maximum absolute atomic E-state index is 13.2. The van der Waals surface area contributed by atoms with Crippen LogP contribution in [0.2, 0.25) is 0 Å². The van der Waals surface area contributed by atoms with Crippen LogP contribution in [0.5, 0.6) is 0 Å². The van der Waals surface area contributed by atoms with Gasteiger partial charge in [-0.15, -0.1) is 0 Å². The number of rotatable bonds is 7. The minimum Gasteiger partial charge on any atom is -0.479 e. The van der Waals surface area contributed by atoms with Gasteiger partial charge in [0.15, 0.2) is 0 Å². The van der Waals surface area contributed by atoms with E-state index in [1.54, 1.807) is 0 Å². The van der Waals surface area contributed by atoms with Gasteiger partial charge in [0.2, 0.25) is 12.1 Å². The second-order valence-corrected chi connectivity index (χ2v) is 12.6. The van der Waals surface area contributed by atoms with Crippen LogP contribution in [0.25, 0.3) is 0 Å². The monoisotopic (exact) mass is 481 g/mol. The fourth-order valence-electron chi connectivity index (χ4n) is 9.11. The van der Waals surface area contributed by atoms with Crippen LogP contribution in [0.4, 0.5) is 4.39 Å². The van der Waals surface area contributed by atoms with Gasteiger partial charge in [-0.05, 0) is 104 Å². The topological polar surface area (TPSA) is 107 Å². The predicted molar refractivity (Wildman–Crippen MR) is 127 cm³/mol. The number of aliphatic hydroxyl groups excluding tert-OH is 2. The summed E-state index contributed by atoms with van der Waals surface area (Å²) in [6.45, 7) is 6.57. The zero-order valence-electron chi connectivity index (χ0n) is 21.0. The average Bonchev–Trinajstić information content (AvgIpc) is 3.14. The van der Waals surface area contributed by atoms with Crippen LogP contribution in [0.3, 0.4) is 0 Å². The van der Waals surface area contributed by atoms with Crippen molar-refractivity contribution in [3.05, 3.63) is 0 Å².